The van der Waals surface area contributed by atoms with Crippen molar-refractivity contribution in [2.75, 3.05) is 5.32 Å². The van der Waals surface area contributed by atoms with Gasteiger partial charge in [0.05, 0.1) is 0 Å². The topological polar surface area (TPSA) is 113 Å². The number of ether oxygens (including phenoxy) is 2. The number of hydrogen-bond acceptors (Lipinski definition) is 7. The van der Waals surface area contributed by atoms with Crippen LogP contribution in [-0.4, -0.2) is 27.8 Å². The number of benzene rings is 3. The molecule has 3 aromatic carbocycles. The molecule has 1 heterocycles. The predicted molar refractivity (Wildman–Crippen MR) is 128 cm³/mol. The second kappa shape index (κ2) is 11.0. The van der Waals surface area contributed by atoms with E-state index >= 15 is 0 Å². The van der Waals surface area contributed by atoms with Crippen molar-refractivity contribution in [1.29, 1.82) is 0 Å². The summed E-state index contributed by atoms with van der Waals surface area (Å²) in [7, 11) is 0. The fraction of sp³-hybridized carbons (Fsp3) is 0.154. The fourth-order valence-electron chi connectivity index (χ4n) is 3.13. The molecule has 9 heteroatoms. The van der Waals surface area contributed by atoms with Gasteiger partial charge in [-0.3, -0.25) is 9.59 Å². The van der Waals surface area contributed by atoms with Gasteiger partial charge in [-0.2, -0.15) is 4.68 Å². The highest BCUT2D eigenvalue weighted by molar-refractivity contribution is 5.95. The Balaban J connectivity index is 1.27. The molecule has 4 aromatic rings. The molecule has 0 spiro atoms. The van der Waals surface area contributed by atoms with Crippen LogP contribution >= 0.6 is 0 Å². The molecule has 0 saturated heterocycles. The lowest BCUT2D eigenvalue weighted by atomic mass is 10.2. The van der Waals surface area contributed by atoms with E-state index in [1.807, 2.05) is 36.4 Å². The number of nitrogens with one attached hydrogen (secondary N) is 1. The van der Waals surface area contributed by atoms with Crippen LogP contribution in [0, 0.1) is 0 Å². The Bertz CT molecular complexity index is 1330. The Morgan fingerprint density at radius 2 is 1.63 bits per heavy atom. The van der Waals surface area contributed by atoms with Crippen LogP contribution in [-0.2, 0) is 27.5 Å². The van der Waals surface area contributed by atoms with Crippen LogP contribution in [0.25, 0.3) is 11.5 Å². The summed E-state index contributed by atoms with van der Waals surface area (Å²) < 4.78 is 16.8. The molecule has 1 amide bonds. The van der Waals surface area contributed by atoms with E-state index in [1.165, 1.54) is 6.92 Å². The minimum absolute atomic E-state index is 0.0883. The molecule has 35 heavy (non-hydrogen) atoms. The van der Waals surface area contributed by atoms with Crippen LogP contribution in [0.3, 0.4) is 0 Å². The van der Waals surface area contributed by atoms with Crippen molar-refractivity contribution in [3.63, 3.8) is 0 Å². The maximum Gasteiger partial charge on any atom is 0.437 e. The lowest BCUT2D eigenvalue weighted by Gasteiger charge is -2.13. The van der Waals surface area contributed by atoms with E-state index < -0.39 is 30.3 Å². The highest BCUT2D eigenvalue weighted by Crippen LogP contribution is 2.18. The molecule has 1 atom stereocenters. The summed E-state index contributed by atoms with van der Waals surface area (Å²) in [4.78, 5) is 36.7. The van der Waals surface area contributed by atoms with Gasteiger partial charge in [0.25, 0.3) is 5.91 Å². The second-order valence-corrected chi connectivity index (χ2v) is 7.62. The summed E-state index contributed by atoms with van der Waals surface area (Å²) in [5, 5.41) is 6.68. The minimum Gasteiger partial charge on any atom is -0.489 e. The number of carbonyl (C=O) groups is 2. The van der Waals surface area contributed by atoms with Crippen LogP contribution in [0.2, 0.25) is 0 Å². The summed E-state index contributed by atoms with van der Waals surface area (Å²) in [5.41, 5.74) is 2.16. The molecule has 0 bridgehead atoms. The maximum absolute atomic E-state index is 12.4. The average Bonchev–Trinajstić information content (AvgIpc) is 3.24. The summed E-state index contributed by atoms with van der Waals surface area (Å²) in [6.07, 6.45) is -1.09. The number of nitrogens with zero attached hydrogens (tertiary/aromatic N) is 2. The molecule has 0 radical (unpaired) electrons. The Morgan fingerprint density at radius 1 is 0.971 bits per heavy atom. The van der Waals surface area contributed by atoms with Gasteiger partial charge in [0, 0.05) is 11.3 Å². The van der Waals surface area contributed by atoms with E-state index in [-0.39, 0.29) is 5.89 Å². The van der Waals surface area contributed by atoms with Crippen molar-refractivity contribution >= 4 is 17.6 Å². The zero-order chi connectivity index (χ0) is 24.6. The predicted octanol–water partition coefficient (Wildman–Crippen LogP) is 3.65. The van der Waals surface area contributed by atoms with Gasteiger partial charge in [-0.1, -0.05) is 48.5 Å². The molecule has 1 N–H and O–H groups in total. The first-order chi connectivity index (χ1) is 17.0. The van der Waals surface area contributed by atoms with Gasteiger partial charge in [-0.15, -0.1) is 5.10 Å². The normalized spacial score (nSPS) is 11.5. The van der Waals surface area contributed by atoms with Crippen LogP contribution in [0.5, 0.6) is 5.75 Å². The molecule has 1 aromatic heterocycles. The zero-order valence-corrected chi connectivity index (χ0v) is 18.9. The quantitative estimate of drug-likeness (QED) is 0.369. The maximum atomic E-state index is 12.4. The van der Waals surface area contributed by atoms with E-state index in [2.05, 4.69) is 10.4 Å². The molecular weight excluding hydrogens is 450 g/mol. The number of aromatic nitrogens is 2. The molecule has 0 aliphatic heterocycles. The summed E-state index contributed by atoms with van der Waals surface area (Å²) in [5.74, 6) is -1.38. The summed E-state index contributed by atoms with van der Waals surface area (Å²) in [6.45, 7) is 1.38. The van der Waals surface area contributed by atoms with Crippen LogP contribution in [0.4, 0.5) is 5.69 Å². The minimum atomic E-state index is -1.09. The van der Waals surface area contributed by atoms with Gasteiger partial charge in [-0.05, 0) is 48.9 Å². The standard InChI is InChI=1S/C26H23N3O6/c1-18(34-23(30)16-29-26(32)35-25(28-29)20-10-6-3-7-11-20)24(31)27-21-12-14-22(15-13-21)33-17-19-8-4-2-5-9-19/h2-15,18H,16-17H2,1H3,(H,27,31)/t18-/m1/s1. The first-order valence-corrected chi connectivity index (χ1v) is 10.9. The second-order valence-electron chi connectivity index (χ2n) is 7.62. The van der Waals surface area contributed by atoms with E-state index in [0.29, 0.717) is 23.6 Å². The number of amides is 1. The molecule has 4 rings (SSSR count). The third-order valence-corrected chi connectivity index (χ3v) is 4.95. The van der Waals surface area contributed by atoms with Crippen molar-refractivity contribution in [2.45, 2.75) is 26.2 Å². The van der Waals surface area contributed by atoms with Crippen molar-refractivity contribution < 1.29 is 23.5 Å². The molecule has 0 aliphatic rings. The Kier molecular flexibility index (Phi) is 7.37. The third kappa shape index (κ3) is 6.44. The molecule has 178 valence electrons. The smallest absolute Gasteiger partial charge is 0.437 e. The number of anilines is 1. The van der Waals surface area contributed by atoms with E-state index in [0.717, 1.165) is 10.2 Å². The van der Waals surface area contributed by atoms with Gasteiger partial charge in [-0.25, -0.2) is 4.79 Å². The zero-order valence-electron chi connectivity index (χ0n) is 18.9. The lowest BCUT2D eigenvalue weighted by molar-refractivity contribution is -0.154. The monoisotopic (exact) mass is 473 g/mol. The SMILES string of the molecule is C[C@@H](OC(=O)Cn1nc(-c2ccccc2)oc1=O)C(=O)Nc1ccc(OCc2ccccc2)cc1. The van der Waals surface area contributed by atoms with Gasteiger partial charge in [0.2, 0.25) is 5.89 Å². The van der Waals surface area contributed by atoms with Crippen molar-refractivity contribution in [3.8, 4) is 17.2 Å². The Labute approximate surface area is 200 Å². The van der Waals surface area contributed by atoms with Crippen molar-refractivity contribution in [2.24, 2.45) is 0 Å². The van der Waals surface area contributed by atoms with Gasteiger partial charge in [0.15, 0.2) is 6.10 Å². The first-order valence-electron chi connectivity index (χ1n) is 10.9. The highest BCUT2D eigenvalue weighted by Gasteiger charge is 2.20. The third-order valence-electron chi connectivity index (χ3n) is 4.95. The number of esters is 1. The fourth-order valence-corrected chi connectivity index (χ4v) is 3.13. The molecule has 0 unspecified atom stereocenters. The van der Waals surface area contributed by atoms with Gasteiger partial charge >= 0.3 is 11.7 Å². The van der Waals surface area contributed by atoms with Crippen LogP contribution in [0.15, 0.2) is 94.1 Å². The number of rotatable bonds is 9. The van der Waals surface area contributed by atoms with E-state index in [1.54, 1.807) is 48.5 Å². The summed E-state index contributed by atoms with van der Waals surface area (Å²) >= 11 is 0. The van der Waals surface area contributed by atoms with Crippen molar-refractivity contribution in [1.82, 2.24) is 9.78 Å². The number of hydrogen-bond donors (Lipinski definition) is 1. The van der Waals surface area contributed by atoms with Crippen LogP contribution < -0.4 is 15.8 Å². The van der Waals surface area contributed by atoms with E-state index in [9.17, 15) is 14.4 Å². The van der Waals surface area contributed by atoms with Gasteiger partial charge in [0.1, 0.15) is 18.9 Å². The molecule has 0 saturated carbocycles. The molecule has 9 nitrogen and oxygen atoms in total. The Morgan fingerprint density at radius 3 is 2.31 bits per heavy atom. The average molecular weight is 473 g/mol. The largest absolute Gasteiger partial charge is 0.489 e. The van der Waals surface area contributed by atoms with Gasteiger partial charge < -0.3 is 19.2 Å². The van der Waals surface area contributed by atoms with E-state index in [4.69, 9.17) is 13.9 Å². The molecule has 0 fully saturated rings. The lowest BCUT2D eigenvalue weighted by Crippen LogP contribution is -2.32. The Hall–Kier alpha value is -4.66. The molecular formula is C26H23N3O6. The first kappa shape index (κ1) is 23.5. The highest BCUT2D eigenvalue weighted by atomic mass is 16.5. The molecule has 0 aliphatic carbocycles. The summed E-state index contributed by atoms with van der Waals surface area (Å²) in [6, 6.07) is 25.4. The number of carbonyl (C=O) groups excluding carboxylic acids is 2. The van der Waals surface area contributed by atoms with Crippen LogP contribution in [0.1, 0.15) is 12.5 Å². The van der Waals surface area contributed by atoms with Crippen molar-refractivity contribution in [3.05, 3.63) is 101 Å².